The number of aliphatic imine (C=N–C) groups is 1. The second-order valence-electron chi connectivity index (χ2n) is 2.46. The van der Waals surface area contributed by atoms with Crippen LogP contribution in [0.25, 0.3) is 0 Å². The molecule has 0 aliphatic heterocycles. The molecular weight excluding hydrogens is 180 g/mol. The maximum atomic E-state index is 11.6. The number of hydrogen-bond donors (Lipinski definition) is 1. The minimum absolute atomic E-state index is 0.225. The molecule has 5 heteroatoms. The van der Waals surface area contributed by atoms with Gasteiger partial charge in [0.05, 0.1) is 6.34 Å². The summed E-state index contributed by atoms with van der Waals surface area (Å²) in [6, 6.07) is -0.225. The highest BCUT2D eigenvalue weighted by Gasteiger charge is 2.10. The Hall–Kier alpha value is -1.78. The van der Waals surface area contributed by atoms with Crippen LogP contribution in [0.4, 0.5) is 4.79 Å². The zero-order chi connectivity index (χ0) is 11.0. The SMILES string of the molecule is C=CN(C=NC)C(=O)N(C)/C=C\NC. The molecule has 0 aliphatic rings. The monoisotopic (exact) mass is 196 g/mol. The highest BCUT2D eigenvalue weighted by molar-refractivity contribution is 5.88. The Morgan fingerprint density at radius 3 is 2.64 bits per heavy atom. The van der Waals surface area contributed by atoms with Crippen molar-refractivity contribution in [1.82, 2.24) is 15.1 Å². The van der Waals surface area contributed by atoms with Crippen molar-refractivity contribution in [1.29, 1.82) is 0 Å². The van der Waals surface area contributed by atoms with Crippen molar-refractivity contribution in [3.8, 4) is 0 Å². The summed E-state index contributed by atoms with van der Waals surface area (Å²) >= 11 is 0. The molecule has 14 heavy (non-hydrogen) atoms. The summed E-state index contributed by atoms with van der Waals surface area (Å²) in [7, 11) is 5.00. The second kappa shape index (κ2) is 6.71. The Kier molecular flexibility index (Phi) is 5.85. The van der Waals surface area contributed by atoms with Gasteiger partial charge in [0.25, 0.3) is 0 Å². The molecule has 2 amide bonds. The van der Waals surface area contributed by atoms with Gasteiger partial charge in [0.15, 0.2) is 0 Å². The predicted molar refractivity (Wildman–Crippen MR) is 57.8 cm³/mol. The molecular formula is C9H16N4O. The number of carbonyl (C=O) groups excluding carboxylic acids is 1. The van der Waals surface area contributed by atoms with Crippen molar-refractivity contribution >= 4 is 12.4 Å². The Bertz CT molecular complexity index is 247. The number of amides is 2. The largest absolute Gasteiger partial charge is 0.393 e. The fraction of sp³-hybridized carbons (Fsp3) is 0.333. The van der Waals surface area contributed by atoms with Crippen molar-refractivity contribution in [2.45, 2.75) is 0 Å². The third kappa shape index (κ3) is 3.75. The molecule has 78 valence electrons. The number of urea groups is 1. The molecule has 0 saturated heterocycles. The summed E-state index contributed by atoms with van der Waals surface area (Å²) in [5.74, 6) is 0. The smallest absolute Gasteiger partial charge is 0.333 e. The molecule has 0 aliphatic carbocycles. The van der Waals surface area contributed by atoms with Crippen LogP contribution in [-0.2, 0) is 0 Å². The lowest BCUT2D eigenvalue weighted by atomic mass is 10.6. The second-order valence-corrected chi connectivity index (χ2v) is 2.46. The quantitative estimate of drug-likeness (QED) is 0.535. The molecule has 0 aromatic carbocycles. The number of rotatable bonds is 4. The van der Waals surface area contributed by atoms with Crippen molar-refractivity contribution in [2.75, 3.05) is 21.1 Å². The molecule has 0 rings (SSSR count). The van der Waals surface area contributed by atoms with Crippen LogP contribution >= 0.6 is 0 Å². The van der Waals surface area contributed by atoms with E-state index in [4.69, 9.17) is 0 Å². The van der Waals surface area contributed by atoms with Gasteiger partial charge in [0, 0.05) is 39.7 Å². The van der Waals surface area contributed by atoms with Crippen LogP contribution in [0.5, 0.6) is 0 Å². The Morgan fingerprint density at radius 1 is 1.57 bits per heavy atom. The third-order valence-corrected chi connectivity index (χ3v) is 1.42. The van der Waals surface area contributed by atoms with Gasteiger partial charge in [-0.3, -0.25) is 9.89 Å². The van der Waals surface area contributed by atoms with E-state index in [1.807, 2.05) is 0 Å². The van der Waals surface area contributed by atoms with Crippen LogP contribution in [-0.4, -0.2) is 43.3 Å². The Morgan fingerprint density at radius 2 is 2.21 bits per heavy atom. The van der Waals surface area contributed by atoms with Gasteiger partial charge < -0.3 is 10.2 Å². The van der Waals surface area contributed by atoms with E-state index in [-0.39, 0.29) is 6.03 Å². The maximum Gasteiger partial charge on any atom is 0.333 e. The van der Waals surface area contributed by atoms with Crippen LogP contribution in [0.1, 0.15) is 0 Å². The Labute approximate surface area is 84.4 Å². The number of carbonyl (C=O) groups is 1. The zero-order valence-corrected chi connectivity index (χ0v) is 8.77. The van der Waals surface area contributed by atoms with Gasteiger partial charge in [0.2, 0.25) is 0 Å². The van der Waals surface area contributed by atoms with Crippen molar-refractivity contribution in [3.05, 3.63) is 25.2 Å². The topological polar surface area (TPSA) is 47.9 Å². The van der Waals surface area contributed by atoms with Crippen LogP contribution in [0.3, 0.4) is 0 Å². The van der Waals surface area contributed by atoms with E-state index in [9.17, 15) is 4.79 Å². The summed E-state index contributed by atoms with van der Waals surface area (Å²) < 4.78 is 0. The normalized spacial score (nSPS) is 10.5. The number of nitrogens with zero attached hydrogens (tertiary/aromatic N) is 3. The van der Waals surface area contributed by atoms with Crippen LogP contribution in [0.15, 0.2) is 30.2 Å². The van der Waals surface area contributed by atoms with E-state index in [2.05, 4.69) is 16.9 Å². The first kappa shape index (κ1) is 12.2. The highest BCUT2D eigenvalue weighted by atomic mass is 16.2. The zero-order valence-electron chi connectivity index (χ0n) is 8.77. The van der Waals surface area contributed by atoms with Crippen LogP contribution in [0, 0.1) is 0 Å². The minimum Gasteiger partial charge on any atom is -0.393 e. The first-order chi connectivity index (χ1) is 6.67. The van der Waals surface area contributed by atoms with Gasteiger partial charge in [-0.15, -0.1) is 0 Å². The van der Waals surface area contributed by atoms with Crippen LogP contribution < -0.4 is 5.32 Å². The molecule has 0 fully saturated rings. The van der Waals surface area contributed by atoms with E-state index in [0.29, 0.717) is 0 Å². The van der Waals surface area contributed by atoms with E-state index in [1.165, 1.54) is 22.3 Å². The molecule has 0 aromatic heterocycles. The summed E-state index contributed by atoms with van der Waals surface area (Å²) in [5.41, 5.74) is 0. The molecule has 0 bridgehead atoms. The van der Waals surface area contributed by atoms with Crippen molar-refractivity contribution in [2.24, 2.45) is 4.99 Å². The predicted octanol–water partition coefficient (Wildman–Crippen LogP) is 0.832. The first-order valence-electron chi connectivity index (χ1n) is 4.11. The molecule has 5 nitrogen and oxygen atoms in total. The summed E-state index contributed by atoms with van der Waals surface area (Å²) in [5, 5.41) is 2.79. The average Bonchev–Trinajstić information content (AvgIpc) is 2.21. The van der Waals surface area contributed by atoms with Gasteiger partial charge in [0.1, 0.15) is 0 Å². The molecule has 0 radical (unpaired) electrons. The summed E-state index contributed by atoms with van der Waals surface area (Å²) in [6.45, 7) is 3.51. The van der Waals surface area contributed by atoms with E-state index in [1.54, 1.807) is 33.5 Å². The lowest BCUT2D eigenvalue weighted by Gasteiger charge is -2.18. The summed E-state index contributed by atoms with van der Waals surface area (Å²) in [4.78, 5) is 18.0. The summed E-state index contributed by atoms with van der Waals surface area (Å²) in [6.07, 6.45) is 6.07. The fourth-order valence-electron chi connectivity index (χ4n) is 0.731. The molecule has 0 spiro atoms. The van der Waals surface area contributed by atoms with Gasteiger partial charge in [-0.05, 0) is 0 Å². The average molecular weight is 196 g/mol. The third-order valence-electron chi connectivity index (χ3n) is 1.42. The minimum atomic E-state index is -0.225. The number of hydrogen-bond acceptors (Lipinski definition) is 3. The van der Waals surface area contributed by atoms with Gasteiger partial charge in [-0.2, -0.15) is 0 Å². The van der Waals surface area contributed by atoms with E-state index >= 15 is 0 Å². The molecule has 0 atom stereocenters. The molecule has 0 saturated carbocycles. The van der Waals surface area contributed by atoms with Crippen molar-refractivity contribution in [3.63, 3.8) is 0 Å². The van der Waals surface area contributed by atoms with Gasteiger partial charge >= 0.3 is 6.03 Å². The highest BCUT2D eigenvalue weighted by Crippen LogP contribution is 1.95. The fourth-order valence-corrected chi connectivity index (χ4v) is 0.731. The molecule has 1 N–H and O–H groups in total. The first-order valence-corrected chi connectivity index (χ1v) is 4.11. The van der Waals surface area contributed by atoms with Crippen LogP contribution in [0.2, 0.25) is 0 Å². The van der Waals surface area contributed by atoms with Gasteiger partial charge in [-0.25, -0.2) is 4.79 Å². The van der Waals surface area contributed by atoms with E-state index < -0.39 is 0 Å². The number of nitrogens with one attached hydrogen (secondary N) is 1. The maximum absolute atomic E-state index is 11.6. The van der Waals surface area contributed by atoms with E-state index in [0.717, 1.165) is 0 Å². The molecule has 0 unspecified atom stereocenters. The molecule has 0 aromatic rings. The lowest BCUT2D eigenvalue weighted by molar-refractivity contribution is 0.210. The lowest BCUT2D eigenvalue weighted by Crippen LogP contribution is -2.34. The standard InChI is InChI=1S/C9H16N4O/c1-5-13(8-11-3)9(14)12(4)7-6-10-2/h5-8,10H,1H2,2-4H3/b7-6-,11-8?. The van der Waals surface area contributed by atoms with Gasteiger partial charge in [-0.1, -0.05) is 6.58 Å². The molecule has 0 heterocycles. The Balaban J connectivity index is 4.41. The van der Waals surface area contributed by atoms with Crippen molar-refractivity contribution < 1.29 is 4.79 Å².